The van der Waals surface area contributed by atoms with E-state index >= 15 is 0 Å². The van der Waals surface area contributed by atoms with Crippen LogP contribution in [0.15, 0.2) is 42.5 Å². The Morgan fingerprint density at radius 3 is 2.33 bits per heavy atom. The van der Waals surface area contributed by atoms with Crippen LogP contribution in [0.25, 0.3) is 0 Å². The molecule has 0 saturated heterocycles. The molecule has 1 aliphatic heterocycles. The third-order valence-electron chi connectivity index (χ3n) is 4.31. The Morgan fingerprint density at radius 2 is 1.67 bits per heavy atom. The van der Waals surface area contributed by atoms with Crippen LogP contribution in [0.4, 0.5) is 4.39 Å². The molecule has 0 N–H and O–H groups in total. The molecule has 1 unspecified atom stereocenters. The lowest BCUT2D eigenvalue weighted by atomic mass is 10.1. The highest BCUT2D eigenvalue weighted by molar-refractivity contribution is 6.22. The Kier molecular flexibility index (Phi) is 4.85. The van der Waals surface area contributed by atoms with Crippen molar-refractivity contribution in [2.24, 2.45) is 0 Å². The molecule has 6 nitrogen and oxygen atoms in total. The van der Waals surface area contributed by atoms with E-state index in [9.17, 15) is 23.6 Å². The van der Waals surface area contributed by atoms with E-state index in [0.29, 0.717) is 0 Å². The summed E-state index contributed by atoms with van der Waals surface area (Å²) in [6.07, 6.45) is 0. The number of ether oxygens (including phenoxy) is 1. The predicted octanol–water partition coefficient (Wildman–Crippen LogP) is 2.54. The average molecular weight is 369 g/mol. The van der Waals surface area contributed by atoms with Crippen LogP contribution in [0, 0.1) is 12.7 Å². The van der Waals surface area contributed by atoms with Gasteiger partial charge in [-0.25, -0.2) is 9.18 Å². The number of rotatable bonds is 5. The first-order valence-corrected chi connectivity index (χ1v) is 8.23. The summed E-state index contributed by atoms with van der Waals surface area (Å²) in [5.41, 5.74) is 1.47. The number of hydrogen-bond acceptors (Lipinski definition) is 5. The highest BCUT2D eigenvalue weighted by atomic mass is 19.1. The molecule has 3 rings (SSSR count). The van der Waals surface area contributed by atoms with Crippen LogP contribution in [0.2, 0.25) is 0 Å². The van der Waals surface area contributed by atoms with Gasteiger partial charge in [-0.15, -0.1) is 0 Å². The molecule has 0 saturated carbocycles. The molecule has 0 aromatic heterocycles. The molecule has 1 heterocycles. The summed E-state index contributed by atoms with van der Waals surface area (Å²) in [5.74, 6) is -3.04. The number of halogens is 1. The number of carbonyl (C=O) groups is 4. The summed E-state index contributed by atoms with van der Waals surface area (Å²) in [6.45, 7) is 2.58. The number of imide groups is 1. The molecule has 7 heteroatoms. The summed E-state index contributed by atoms with van der Waals surface area (Å²) in [7, 11) is 0. The number of amides is 2. The first-order valence-electron chi connectivity index (χ1n) is 8.23. The molecular formula is C20H16FNO5. The van der Waals surface area contributed by atoms with E-state index < -0.39 is 42.0 Å². The van der Waals surface area contributed by atoms with Gasteiger partial charge in [-0.2, -0.15) is 0 Å². The van der Waals surface area contributed by atoms with Gasteiger partial charge in [-0.3, -0.25) is 19.3 Å². The predicted molar refractivity (Wildman–Crippen MR) is 92.8 cm³/mol. The number of benzene rings is 2. The zero-order chi connectivity index (χ0) is 19.7. The Bertz CT molecular complexity index is 951. The summed E-state index contributed by atoms with van der Waals surface area (Å²) in [4.78, 5) is 50.0. The van der Waals surface area contributed by atoms with Crippen molar-refractivity contribution in [2.45, 2.75) is 19.9 Å². The maximum atomic E-state index is 12.9. The Hall–Kier alpha value is -3.35. The third kappa shape index (κ3) is 3.48. The summed E-state index contributed by atoms with van der Waals surface area (Å²) in [6, 6.07) is 8.46. The minimum Gasteiger partial charge on any atom is -0.456 e. The van der Waals surface area contributed by atoms with Crippen molar-refractivity contribution >= 4 is 23.6 Å². The molecule has 0 spiro atoms. The van der Waals surface area contributed by atoms with E-state index in [2.05, 4.69) is 0 Å². The maximum absolute atomic E-state index is 12.9. The number of aryl methyl sites for hydroxylation is 1. The van der Waals surface area contributed by atoms with Gasteiger partial charge in [0.15, 0.2) is 12.4 Å². The second-order valence-corrected chi connectivity index (χ2v) is 6.24. The van der Waals surface area contributed by atoms with Crippen LogP contribution in [0.3, 0.4) is 0 Å². The number of esters is 1. The fourth-order valence-electron chi connectivity index (χ4n) is 2.81. The molecule has 138 valence electrons. The number of fused-ring (bicyclic) bond motifs is 1. The average Bonchev–Trinajstić information content (AvgIpc) is 2.89. The van der Waals surface area contributed by atoms with E-state index in [0.717, 1.165) is 22.6 Å². The molecule has 27 heavy (non-hydrogen) atoms. The lowest BCUT2D eigenvalue weighted by molar-refractivity contribution is -0.146. The molecule has 2 amide bonds. The van der Waals surface area contributed by atoms with Gasteiger partial charge in [0.05, 0.1) is 11.1 Å². The van der Waals surface area contributed by atoms with Gasteiger partial charge >= 0.3 is 5.97 Å². The first kappa shape index (κ1) is 18.4. The summed E-state index contributed by atoms with van der Waals surface area (Å²) >= 11 is 0. The summed E-state index contributed by atoms with van der Waals surface area (Å²) < 4.78 is 17.8. The van der Waals surface area contributed by atoms with Gasteiger partial charge in [-0.05, 0) is 50.2 Å². The van der Waals surface area contributed by atoms with E-state index in [1.807, 2.05) is 0 Å². The van der Waals surface area contributed by atoms with Crippen molar-refractivity contribution in [3.8, 4) is 0 Å². The summed E-state index contributed by atoms with van der Waals surface area (Å²) in [5, 5.41) is 0. The maximum Gasteiger partial charge on any atom is 0.329 e. The highest BCUT2D eigenvalue weighted by Crippen LogP contribution is 2.26. The van der Waals surface area contributed by atoms with Crippen molar-refractivity contribution in [3.63, 3.8) is 0 Å². The molecule has 2 aromatic carbocycles. The van der Waals surface area contributed by atoms with Crippen LogP contribution in [-0.2, 0) is 9.53 Å². The molecule has 1 aliphatic rings. The minimum absolute atomic E-state index is 0.188. The van der Waals surface area contributed by atoms with Crippen LogP contribution in [0.5, 0.6) is 0 Å². The number of Topliss-reactive ketones (excluding diaryl/α,β-unsaturated/α-hetero) is 1. The number of nitrogens with zero attached hydrogens (tertiary/aromatic N) is 1. The van der Waals surface area contributed by atoms with E-state index in [4.69, 9.17) is 4.74 Å². The van der Waals surface area contributed by atoms with Gasteiger partial charge in [0.1, 0.15) is 11.9 Å². The van der Waals surface area contributed by atoms with Crippen LogP contribution in [0.1, 0.15) is 43.6 Å². The van der Waals surface area contributed by atoms with Crippen molar-refractivity contribution < 1.29 is 28.3 Å². The topological polar surface area (TPSA) is 80.8 Å². The quantitative estimate of drug-likeness (QED) is 0.460. The van der Waals surface area contributed by atoms with Crippen molar-refractivity contribution in [2.75, 3.05) is 6.61 Å². The normalized spacial score (nSPS) is 14.1. The zero-order valence-corrected chi connectivity index (χ0v) is 14.7. The van der Waals surface area contributed by atoms with E-state index in [1.54, 1.807) is 25.1 Å². The molecule has 0 aliphatic carbocycles. The second-order valence-electron chi connectivity index (χ2n) is 6.24. The van der Waals surface area contributed by atoms with Crippen molar-refractivity contribution in [1.29, 1.82) is 0 Å². The Labute approximate surface area is 154 Å². The van der Waals surface area contributed by atoms with Gasteiger partial charge in [0.2, 0.25) is 0 Å². The first-order chi connectivity index (χ1) is 12.8. The largest absolute Gasteiger partial charge is 0.456 e. The lowest BCUT2D eigenvalue weighted by Crippen LogP contribution is -2.44. The van der Waals surface area contributed by atoms with Gasteiger partial charge in [0, 0.05) is 5.56 Å². The van der Waals surface area contributed by atoms with Gasteiger partial charge < -0.3 is 4.74 Å². The third-order valence-corrected chi connectivity index (χ3v) is 4.31. The molecule has 0 bridgehead atoms. The van der Waals surface area contributed by atoms with E-state index in [1.165, 1.54) is 19.1 Å². The van der Waals surface area contributed by atoms with Crippen LogP contribution < -0.4 is 0 Å². The highest BCUT2D eigenvalue weighted by Gasteiger charge is 2.41. The lowest BCUT2D eigenvalue weighted by Gasteiger charge is -2.20. The molecule has 0 fully saturated rings. The van der Waals surface area contributed by atoms with E-state index in [-0.39, 0.29) is 16.7 Å². The smallest absolute Gasteiger partial charge is 0.329 e. The van der Waals surface area contributed by atoms with Crippen molar-refractivity contribution in [1.82, 2.24) is 4.90 Å². The monoisotopic (exact) mass is 369 g/mol. The van der Waals surface area contributed by atoms with Gasteiger partial charge in [0.25, 0.3) is 11.8 Å². The number of ketones is 1. The molecule has 0 radical (unpaired) electrons. The molecular weight excluding hydrogens is 353 g/mol. The number of hydrogen-bond donors (Lipinski definition) is 0. The fraction of sp³-hybridized carbons (Fsp3) is 0.200. The zero-order valence-electron chi connectivity index (χ0n) is 14.7. The molecule has 2 aromatic rings. The minimum atomic E-state index is -1.18. The van der Waals surface area contributed by atoms with Crippen LogP contribution >= 0.6 is 0 Å². The SMILES string of the molecule is Cc1ccc2c(c1)C(=O)N(C(C)C(=O)OCC(=O)c1ccc(F)cc1)C2=O. The Balaban J connectivity index is 1.67. The number of carbonyl (C=O) groups excluding carboxylic acids is 4. The molecule has 1 atom stereocenters. The standard InChI is InChI=1S/C20H16FNO5/c1-11-3-8-15-16(9-11)19(25)22(18(15)24)12(2)20(26)27-10-17(23)13-4-6-14(21)7-5-13/h3-9,12H,10H2,1-2H3. The second kappa shape index (κ2) is 7.11. The fourth-order valence-corrected chi connectivity index (χ4v) is 2.81. The van der Waals surface area contributed by atoms with Crippen molar-refractivity contribution in [3.05, 3.63) is 70.5 Å². The van der Waals surface area contributed by atoms with Crippen LogP contribution in [-0.4, -0.2) is 41.1 Å². The Morgan fingerprint density at radius 1 is 1.04 bits per heavy atom. The van der Waals surface area contributed by atoms with Gasteiger partial charge in [-0.1, -0.05) is 11.6 Å².